The topological polar surface area (TPSA) is 54.3 Å². The van der Waals surface area contributed by atoms with E-state index in [-0.39, 0.29) is 11.8 Å². The number of carbonyl (C=O) groups excluding carboxylic acids is 2. The number of aryl methyl sites for hydroxylation is 1. The van der Waals surface area contributed by atoms with Crippen LogP contribution in [0.1, 0.15) is 45.7 Å². The molecule has 0 unspecified atom stereocenters. The third kappa shape index (κ3) is 3.76. The third-order valence-corrected chi connectivity index (χ3v) is 5.04. The van der Waals surface area contributed by atoms with Gasteiger partial charge in [0.2, 0.25) is 5.91 Å². The lowest BCUT2D eigenvalue weighted by Gasteiger charge is -2.15. The zero-order valence-corrected chi connectivity index (χ0v) is 15.1. The van der Waals surface area contributed by atoms with E-state index in [1.807, 2.05) is 60.7 Å². The van der Waals surface area contributed by atoms with Crippen LogP contribution in [-0.4, -0.2) is 27.8 Å². The Morgan fingerprint density at radius 1 is 1.16 bits per heavy atom. The van der Waals surface area contributed by atoms with E-state index in [4.69, 9.17) is 0 Å². The number of likely N-dealkylation sites (tertiary alicyclic amines) is 1. The van der Waals surface area contributed by atoms with Crippen LogP contribution in [0.2, 0.25) is 0 Å². The first-order chi connectivity index (χ1) is 12.0. The van der Waals surface area contributed by atoms with E-state index in [0.29, 0.717) is 19.5 Å². The molecule has 1 aliphatic heterocycles. The van der Waals surface area contributed by atoms with Gasteiger partial charge in [-0.3, -0.25) is 9.59 Å². The van der Waals surface area contributed by atoms with Crippen LogP contribution >= 0.6 is 0 Å². The van der Waals surface area contributed by atoms with Crippen molar-refractivity contribution in [3.8, 4) is 0 Å². The summed E-state index contributed by atoms with van der Waals surface area (Å²) in [7, 11) is 1.96. The van der Waals surface area contributed by atoms with Crippen LogP contribution in [0.25, 0.3) is 0 Å². The average molecular weight is 339 g/mol. The van der Waals surface area contributed by atoms with Gasteiger partial charge in [-0.1, -0.05) is 24.3 Å². The van der Waals surface area contributed by atoms with Crippen molar-refractivity contribution in [3.05, 3.63) is 58.4 Å². The van der Waals surface area contributed by atoms with E-state index in [1.165, 1.54) is 0 Å². The summed E-state index contributed by atoms with van der Waals surface area (Å²) in [6.07, 6.45) is 1.63. The fraction of sp³-hybridized carbons (Fsp3) is 0.400. The standard InChI is InChI=1S/C20H25N3O2/c1-14-11-18(15(2)22(14)3)20(25)21-12-16-6-8-17(9-7-16)13-23-10-4-5-19(23)24/h6-9,11H,4-5,10,12-13H2,1-3H3,(H,21,25). The summed E-state index contributed by atoms with van der Waals surface area (Å²) in [6.45, 7) is 5.97. The molecule has 0 aliphatic carbocycles. The van der Waals surface area contributed by atoms with Gasteiger partial charge in [0.1, 0.15) is 0 Å². The number of aromatic nitrogens is 1. The second-order valence-corrected chi connectivity index (χ2v) is 6.76. The van der Waals surface area contributed by atoms with Gasteiger partial charge in [0.15, 0.2) is 0 Å². The fourth-order valence-corrected chi connectivity index (χ4v) is 3.22. The van der Waals surface area contributed by atoms with Crippen molar-refractivity contribution >= 4 is 11.8 Å². The number of hydrogen-bond acceptors (Lipinski definition) is 2. The van der Waals surface area contributed by atoms with E-state index in [0.717, 1.165) is 41.0 Å². The molecule has 0 atom stereocenters. The van der Waals surface area contributed by atoms with Crippen LogP contribution in [0.4, 0.5) is 0 Å². The second-order valence-electron chi connectivity index (χ2n) is 6.76. The van der Waals surface area contributed by atoms with Crippen LogP contribution in [-0.2, 0) is 24.9 Å². The van der Waals surface area contributed by atoms with Gasteiger partial charge in [0, 0.05) is 44.5 Å². The SMILES string of the molecule is Cc1cc(C(=O)NCc2ccc(CN3CCCC3=O)cc2)c(C)n1C. The van der Waals surface area contributed by atoms with E-state index in [9.17, 15) is 9.59 Å². The molecule has 2 aromatic rings. The summed E-state index contributed by atoms with van der Waals surface area (Å²) in [4.78, 5) is 26.0. The number of nitrogens with one attached hydrogen (secondary N) is 1. The third-order valence-electron chi connectivity index (χ3n) is 5.04. The van der Waals surface area contributed by atoms with Gasteiger partial charge in [-0.25, -0.2) is 0 Å². The summed E-state index contributed by atoms with van der Waals surface area (Å²) in [5, 5.41) is 2.98. The molecule has 1 aliphatic rings. The molecule has 5 heteroatoms. The van der Waals surface area contributed by atoms with Crippen molar-refractivity contribution < 1.29 is 9.59 Å². The first kappa shape index (κ1) is 17.3. The Bertz CT molecular complexity index is 790. The highest BCUT2D eigenvalue weighted by atomic mass is 16.2. The molecule has 1 saturated heterocycles. The maximum Gasteiger partial charge on any atom is 0.253 e. The van der Waals surface area contributed by atoms with Gasteiger partial charge in [0.25, 0.3) is 5.91 Å². The number of nitrogens with zero attached hydrogens (tertiary/aromatic N) is 2. The van der Waals surface area contributed by atoms with Crippen LogP contribution in [0.3, 0.4) is 0 Å². The first-order valence-electron chi connectivity index (χ1n) is 8.72. The van der Waals surface area contributed by atoms with Gasteiger partial charge < -0.3 is 14.8 Å². The highest BCUT2D eigenvalue weighted by molar-refractivity contribution is 5.95. The Kier molecular flexibility index (Phi) is 4.93. The number of carbonyl (C=O) groups is 2. The second kappa shape index (κ2) is 7.13. The largest absolute Gasteiger partial charge is 0.351 e. The quantitative estimate of drug-likeness (QED) is 0.910. The minimum atomic E-state index is -0.0482. The van der Waals surface area contributed by atoms with Crippen molar-refractivity contribution in [1.82, 2.24) is 14.8 Å². The zero-order chi connectivity index (χ0) is 18.0. The van der Waals surface area contributed by atoms with Gasteiger partial charge in [-0.2, -0.15) is 0 Å². The van der Waals surface area contributed by atoms with E-state index < -0.39 is 0 Å². The highest BCUT2D eigenvalue weighted by Crippen LogP contribution is 2.15. The minimum Gasteiger partial charge on any atom is -0.351 e. The molecule has 0 saturated carbocycles. The van der Waals surface area contributed by atoms with E-state index in [2.05, 4.69) is 5.32 Å². The molecule has 1 fully saturated rings. The molecular weight excluding hydrogens is 314 g/mol. The van der Waals surface area contributed by atoms with Crippen LogP contribution in [0.5, 0.6) is 0 Å². The molecular formula is C20H25N3O2. The van der Waals surface area contributed by atoms with Crippen LogP contribution in [0, 0.1) is 13.8 Å². The summed E-state index contributed by atoms with van der Waals surface area (Å²) in [5.74, 6) is 0.192. The van der Waals surface area contributed by atoms with Gasteiger partial charge in [0.05, 0.1) is 5.56 Å². The summed E-state index contributed by atoms with van der Waals surface area (Å²) in [6, 6.07) is 10.0. The van der Waals surface area contributed by atoms with E-state index >= 15 is 0 Å². The number of rotatable bonds is 5. The van der Waals surface area contributed by atoms with Crippen molar-refractivity contribution in [2.24, 2.45) is 7.05 Å². The van der Waals surface area contributed by atoms with Crippen LogP contribution in [0.15, 0.2) is 30.3 Å². The molecule has 1 aromatic heterocycles. The monoisotopic (exact) mass is 339 g/mol. The van der Waals surface area contributed by atoms with Gasteiger partial charge >= 0.3 is 0 Å². The summed E-state index contributed by atoms with van der Waals surface area (Å²) >= 11 is 0. The number of amides is 2. The molecule has 1 N–H and O–H groups in total. The Balaban J connectivity index is 1.57. The summed E-state index contributed by atoms with van der Waals surface area (Å²) in [5.41, 5.74) is 4.95. The van der Waals surface area contributed by atoms with Crippen molar-refractivity contribution in [2.75, 3.05) is 6.54 Å². The molecule has 3 rings (SSSR count). The highest BCUT2D eigenvalue weighted by Gasteiger charge is 2.19. The molecule has 0 radical (unpaired) electrons. The Hall–Kier alpha value is -2.56. The van der Waals surface area contributed by atoms with Gasteiger partial charge in [-0.05, 0) is 37.5 Å². The molecule has 25 heavy (non-hydrogen) atoms. The minimum absolute atomic E-state index is 0.0482. The van der Waals surface area contributed by atoms with Crippen molar-refractivity contribution in [2.45, 2.75) is 39.8 Å². The molecule has 5 nitrogen and oxygen atoms in total. The number of hydrogen-bond donors (Lipinski definition) is 1. The first-order valence-corrected chi connectivity index (χ1v) is 8.72. The van der Waals surface area contributed by atoms with Crippen molar-refractivity contribution in [1.29, 1.82) is 0 Å². The number of benzene rings is 1. The Morgan fingerprint density at radius 2 is 1.84 bits per heavy atom. The molecule has 1 aromatic carbocycles. The lowest BCUT2D eigenvalue weighted by atomic mass is 10.1. The normalized spacial score (nSPS) is 14.2. The predicted octanol–water partition coefficient (Wildman–Crippen LogP) is 2.69. The summed E-state index contributed by atoms with van der Waals surface area (Å²) < 4.78 is 2.02. The molecule has 0 bridgehead atoms. The fourth-order valence-electron chi connectivity index (χ4n) is 3.22. The molecule has 132 valence electrons. The Morgan fingerprint density at radius 3 is 2.40 bits per heavy atom. The Labute approximate surface area is 148 Å². The molecule has 0 spiro atoms. The lowest BCUT2D eigenvalue weighted by Crippen LogP contribution is -2.24. The average Bonchev–Trinajstić information content (AvgIpc) is 3.12. The van der Waals surface area contributed by atoms with Crippen molar-refractivity contribution in [3.63, 3.8) is 0 Å². The lowest BCUT2D eigenvalue weighted by molar-refractivity contribution is -0.128. The predicted molar refractivity (Wildman–Crippen MR) is 97.2 cm³/mol. The maximum atomic E-state index is 12.4. The smallest absolute Gasteiger partial charge is 0.253 e. The maximum absolute atomic E-state index is 12.4. The zero-order valence-electron chi connectivity index (χ0n) is 15.1. The van der Waals surface area contributed by atoms with Gasteiger partial charge in [-0.15, -0.1) is 0 Å². The molecule has 2 heterocycles. The van der Waals surface area contributed by atoms with E-state index in [1.54, 1.807) is 0 Å². The molecule has 2 amide bonds. The van der Waals surface area contributed by atoms with Crippen LogP contribution < -0.4 is 5.32 Å².